The van der Waals surface area contributed by atoms with Crippen molar-refractivity contribution in [3.05, 3.63) is 84.7 Å². The molecule has 8 rings (SSSR count). The van der Waals surface area contributed by atoms with Crippen molar-refractivity contribution in [3.63, 3.8) is 0 Å². The van der Waals surface area contributed by atoms with Gasteiger partial charge in [-0.15, -0.1) is 0 Å². The van der Waals surface area contributed by atoms with Crippen molar-refractivity contribution in [3.8, 4) is 39.7 Å². The van der Waals surface area contributed by atoms with Crippen LogP contribution in [0.5, 0.6) is 0 Å². The van der Waals surface area contributed by atoms with Gasteiger partial charge in [-0.2, -0.15) is 5.26 Å². The SMILES string of the molecule is CC.CC(C)C.CCC.COC(=O)NCC(=O)N1C[C@@H](C#N)C[C@H]1c1ncc(-c2ccc3cc(-c4ccc(-c5cnc([C@@H]6CC7(CC7)CN6C(=O)CNC(=O)OC)[nH]5)cc4)ccc3c2)[nH]1.[HH].[HH]. The number of likely N-dealkylation sites (tertiary alicyclic amines) is 2. The molecule has 3 aromatic carbocycles. The molecule has 350 valence electrons. The number of amides is 4. The molecule has 3 aliphatic rings. The molecule has 5 aromatic rings. The molecule has 2 aromatic heterocycles. The number of rotatable bonds is 9. The van der Waals surface area contributed by atoms with Gasteiger partial charge in [0, 0.05) is 21.5 Å². The Hall–Kier alpha value is -6.69. The van der Waals surface area contributed by atoms with Crippen LogP contribution in [0.2, 0.25) is 0 Å². The van der Waals surface area contributed by atoms with Crippen molar-refractivity contribution in [2.45, 2.75) is 92.7 Å². The first-order valence-corrected chi connectivity index (χ1v) is 22.7. The number of nitrogens with zero attached hydrogens (tertiary/aromatic N) is 5. The van der Waals surface area contributed by atoms with Crippen LogP contribution >= 0.6 is 0 Å². The molecule has 4 N–H and O–H groups in total. The highest BCUT2D eigenvalue weighted by molar-refractivity contribution is 5.91. The molecule has 15 heteroatoms. The molecule has 2 saturated heterocycles. The summed E-state index contributed by atoms with van der Waals surface area (Å²) in [6.07, 6.45) is 6.93. The number of methoxy groups -OCH3 is 2. The minimum atomic E-state index is -0.698. The highest BCUT2D eigenvalue weighted by Crippen LogP contribution is 2.58. The van der Waals surface area contributed by atoms with Crippen LogP contribution in [-0.4, -0.2) is 94.1 Å². The highest BCUT2D eigenvalue weighted by Gasteiger charge is 2.54. The number of imidazole rings is 2. The first-order chi connectivity index (χ1) is 31.3. The monoisotopic (exact) mass is 892 g/mol. The van der Waals surface area contributed by atoms with Crippen LogP contribution in [0.4, 0.5) is 9.59 Å². The molecular weight excluding hydrogens is 823 g/mol. The molecular formula is C50H69N9O6. The van der Waals surface area contributed by atoms with Crippen LogP contribution in [0.25, 0.3) is 44.4 Å². The first-order valence-electron chi connectivity index (χ1n) is 22.7. The number of nitrogens with one attached hydrogen (secondary N) is 4. The van der Waals surface area contributed by atoms with E-state index in [1.165, 1.54) is 20.6 Å². The van der Waals surface area contributed by atoms with Crippen LogP contribution in [0.15, 0.2) is 73.1 Å². The molecule has 0 radical (unpaired) electrons. The molecule has 0 bridgehead atoms. The Bertz CT molecular complexity index is 2440. The Morgan fingerprint density at radius 2 is 1.23 bits per heavy atom. The number of aromatic nitrogens is 4. The number of ether oxygens (including phenoxy) is 2. The average molecular weight is 892 g/mol. The van der Waals surface area contributed by atoms with E-state index >= 15 is 0 Å². The second kappa shape index (κ2) is 22.8. The third kappa shape index (κ3) is 12.5. The number of nitriles is 1. The standard InChI is InChI=1S/C41H41N9O6.C4H10.C3H8.C2H6.2H2/c1-55-39(53)45-20-35(51)49-22-24(17-42)13-33(49)37-43-19-32(48-37)30-10-9-28-14-27(7-8-29(28)15-30)25-3-5-26(6-4-25)31-18-44-38(47-31)34-16-41(11-12-41)23-50(34)36(52)21-46-40(54)56-2;1-4(2)3;1-3-2;1-2;;/h3-10,14-15,18-19,24,33-34H,11-13,16,20-23H2,1-2H3,(H,43,48)(H,44,47)(H,45,53)(H,46,54);4H,1-3H3;3H2,1-2H3;1-2H3;2*1H/t24-,33+,34+;;;;;/m1...../s1. The topological polar surface area (TPSA) is 198 Å². The minimum Gasteiger partial charge on any atom is -0.453 e. The molecule has 0 unspecified atom stereocenters. The second-order valence-corrected chi connectivity index (χ2v) is 17.2. The molecule has 3 atom stereocenters. The van der Waals surface area contributed by atoms with Crippen LogP contribution < -0.4 is 10.6 Å². The van der Waals surface area contributed by atoms with Crippen molar-refractivity contribution < 1.29 is 31.5 Å². The largest absolute Gasteiger partial charge is 0.453 e. The Balaban J connectivity index is 0.00000100. The summed E-state index contributed by atoms with van der Waals surface area (Å²) in [5, 5.41) is 16.6. The number of carbonyl (C=O) groups excluding carboxylic acids is 4. The van der Waals surface area contributed by atoms with E-state index in [2.05, 4.69) is 130 Å². The van der Waals surface area contributed by atoms with Crippen molar-refractivity contribution >= 4 is 34.8 Å². The Morgan fingerprint density at radius 3 is 1.75 bits per heavy atom. The van der Waals surface area contributed by atoms with E-state index in [1.54, 1.807) is 11.1 Å². The van der Waals surface area contributed by atoms with Crippen molar-refractivity contribution in [2.24, 2.45) is 17.3 Å². The molecule has 15 nitrogen and oxygen atoms in total. The fraction of sp³-hybridized carbons (Fsp3) is 0.460. The van der Waals surface area contributed by atoms with Gasteiger partial charge in [-0.1, -0.05) is 103 Å². The first kappa shape index (κ1) is 49.3. The fourth-order valence-corrected chi connectivity index (χ4v) is 7.95. The minimum absolute atomic E-state index is 0. The Labute approximate surface area is 385 Å². The fourth-order valence-electron chi connectivity index (χ4n) is 7.95. The van der Waals surface area contributed by atoms with Crippen molar-refractivity contribution in [1.82, 2.24) is 40.4 Å². The lowest BCUT2D eigenvalue weighted by Gasteiger charge is -2.23. The Kier molecular flexibility index (Phi) is 17.3. The maximum absolute atomic E-state index is 13.1. The summed E-state index contributed by atoms with van der Waals surface area (Å²) in [5.41, 5.74) is 5.84. The molecule has 1 aliphatic carbocycles. The summed E-state index contributed by atoms with van der Waals surface area (Å²) in [5.74, 6) is 1.35. The molecule has 2 aliphatic heterocycles. The maximum Gasteiger partial charge on any atom is 0.407 e. The number of fused-ring (bicyclic) bond motifs is 1. The number of benzene rings is 3. The maximum atomic E-state index is 13.1. The zero-order chi connectivity index (χ0) is 47.3. The summed E-state index contributed by atoms with van der Waals surface area (Å²) in [4.78, 5) is 68.7. The zero-order valence-corrected chi connectivity index (χ0v) is 39.3. The number of hydrogen-bond acceptors (Lipinski definition) is 9. The third-order valence-electron chi connectivity index (χ3n) is 11.2. The van der Waals surface area contributed by atoms with Gasteiger partial charge in [-0.05, 0) is 76.6 Å². The second-order valence-electron chi connectivity index (χ2n) is 17.2. The van der Waals surface area contributed by atoms with Gasteiger partial charge in [-0.25, -0.2) is 19.6 Å². The lowest BCUT2D eigenvalue weighted by molar-refractivity contribution is -0.132. The third-order valence-corrected chi connectivity index (χ3v) is 11.2. The van der Waals surface area contributed by atoms with Crippen LogP contribution in [0.1, 0.15) is 107 Å². The lowest BCUT2D eigenvalue weighted by Crippen LogP contribution is -2.40. The quantitative estimate of drug-likeness (QED) is 0.111. The zero-order valence-electron chi connectivity index (χ0n) is 39.3. The molecule has 4 heterocycles. The van der Waals surface area contributed by atoms with Gasteiger partial charge in [0.2, 0.25) is 11.8 Å². The predicted octanol–water partition coefficient (Wildman–Crippen LogP) is 10.1. The number of H-pyrrole nitrogens is 2. The number of alkyl carbamates (subject to hydrolysis) is 2. The van der Waals surface area contributed by atoms with Crippen molar-refractivity contribution in [2.75, 3.05) is 40.4 Å². The summed E-state index contributed by atoms with van der Waals surface area (Å²) < 4.78 is 9.20. The lowest BCUT2D eigenvalue weighted by atomic mass is 9.98. The van der Waals surface area contributed by atoms with Crippen LogP contribution in [-0.2, 0) is 19.1 Å². The normalized spacial score (nSPS) is 17.7. The van der Waals surface area contributed by atoms with E-state index in [-0.39, 0.29) is 51.7 Å². The Morgan fingerprint density at radius 1 is 0.769 bits per heavy atom. The predicted molar refractivity (Wildman–Crippen MR) is 256 cm³/mol. The van der Waals surface area contributed by atoms with E-state index in [9.17, 15) is 24.4 Å². The number of hydrogen-bond donors (Lipinski definition) is 4. The molecule has 4 amide bonds. The summed E-state index contributed by atoms with van der Waals surface area (Å²) in [6.45, 7) is 15.3. The van der Waals surface area contributed by atoms with Gasteiger partial charge >= 0.3 is 12.2 Å². The van der Waals surface area contributed by atoms with Gasteiger partial charge in [0.1, 0.15) is 24.7 Å². The van der Waals surface area contributed by atoms with Crippen LogP contribution in [0.3, 0.4) is 0 Å². The van der Waals surface area contributed by atoms with Gasteiger partial charge in [0.15, 0.2) is 0 Å². The van der Waals surface area contributed by atoms with E-state index in [1.807, 2.05) is 31.0 Å². The highest BCUT2D eigenvalue weighted by atomic mass is 16.5. The number of aromatic amines is 2. The van der Waals surface area contributed by atoms with Crippen molar-refractivity contribution in [1.29, 1.82) is 5.26 Å². The summed E-state index contributed by atoms with van der Waals surface area (Å²) in [7, 11) is 2.50. The summed E-state index contributed by atoms with van der Waals surface area (Å²) in [6, 6.07) is 22.5. The average Bonchev–Trinajstić information content (AvgIpc) is 3.82. The molecule has 3 fully saturated rings. The van der Waals surface area contributed by atoms with E-state index < -0.39 is 18.2 Å². The number of carbonyl (C=O) groups is 4. The van der Waals surface area contributed by atoms with Gasteiger partial charge in [0.05, 0.1) is 62.1 Å². The van der Waals surface area contributed by atoms with E-state index in [0.29, 0.717) is 18.8 Å². The molecule has 1 spiro atoms. The van der Waals surface area contributed by atoms with Gasteiger partial charge < -0.3 is 39.9 Å². The molecule has 1 saturated carbocycles. The van der Waals surface area contributed by atoms with Gasteiger partial charge in [0.25, 0.3) is 0 Å². The van der Waals surface area contributed by atoms with Gasteiger partial charge in [-0.3, -0.25) is 9.59 Å². The smallest absolute Gasteiger partial charge is 0.407 e. The van der Waals surface area contributed by atoms with E-state index in [0.717, 1.165) is 75.4 Å². The molecule has 65 heavy (non-hydrogen) atoms. The summed E-state index contributed by atoms with van der Waals surface area (Å²) >= 11 is 0. The van der Waals surface area contributed by atoms with E-state index in [4.69, 9.17) is 4.98 Å². The van der Waals surface area contributed by atoms with Crippen LogP contribution in [0, 0.1) is 28.6 Å².